The summed E-state index contributed by atoms with van der Waals surface area (Å²) in [6, 6.07) is -0.452. The third-order valence-electron chi connectivity index (χ3n) is 2.04. The molecule has 0 saturated carbocycles. The minimum Gasteiger partial charge on any atom is -0.392 e. The zero-order valence-corrected chi connectivity index (χ0v) is 7.78. The van der Waals surface area contributed by atoms with Gasteiger partial charge in [-0.25, -0.2) is 0 Å². The molecule has 2 atom stereocenters. The molecular weight excluding hydrogens is 172 g/mol. The highest BCUT2D eigenvalue weighted by Crippen LogP contribution is 2.09. The SMILES string of the molecule is C[C@@H](O)CNC1CC(=O)N(C)C1=O. The smallest absolute Gasteiger partial charge is 0.246 e. The van der Waals surface area contributed by atoms with E-state index in [4.69, 9.17) is 5.11 Å². The number of carbonyl (C=O) groups excluding carboxylic acids is 2. The summed E-state index contributed by atoms with van der Waals surface area (Å²) in [5.74, 6) is -0.390. The molecule has 13 heavy (non-hydrogen) atoms. The van der Waals surface area contributed by atoms with Crippen molar-refractivity contribution in [2.24, 2.45) is 0 Å². The lowest BCUT2D eigenvalue weighted by Crippen LogP contribution is -2.40. The Morgan fingerprint density at radius 2 is 2.31 bits per heavy atom. The number of imide groups is 1. The van der Waals surface area contributed by atoms with Gasteiger partial charge in [0.15, 0.2) is 0 Å². The molecule has 0 spiro atoms. The number of carbonyl (C=O) groups is 2. The summed E-state index contributed by atoms with van der Waals surface area (Å²) in [4.78, 5) is 23.4. The number of hydrogen-bond acceptors (Lipinski definition) is 4. The molecule has 2 N–H and O–H groups in total. The maximum Gasteiger partial charge on any atom is 0.246 e. The van der Waals surface area contributed by atoms with Gasteiger partial charge in [0, 0.05) is 13.6 Å². The van der Waals surface area contributed by atoms with Gasteiger partial charge in [0.05, 0.1) is 18.6 Å². The van der Waals surface area contributed by atoms with Crippen molar-refractivity contribution in [2.45, 2.75) is 25.5 Å². The predicted molar refractivity (Wildman–Crippen MR) is 45.9 cm³/mol. The van der Waals surface area contributed by atoms with Crippen LogP contribution in [0.5, 0.6) is 0 Å². The van der Waals surface area contributed by atoms with Crippen LogP contribution in [0.3, 0.4) is 0 Å². The maximum absolute atomic E-state index is 11.3. The van der Waals surface area contributed by atoms with Gasteiger partial charge in [0.2, 0.25) is 11.8 Å². The second-order valence-electron chi connectivity index (χ2n) is 3.30. The monoisotopic (exact) mass is 186 g/mol. The number of likely N-dealkylation sites (N-methyl/N-ethyl adjacent to an activating group) is 1. The molecular formula is C8H14N2O3. The van der Waals surface area contributed by atoms with Crippen LogP contribution in [0.25, 0.3) is 0 Å². The van der Waals surface area contributed by atoms with Crippen LogP contribution < -0.4 is 5.32 Å². The first kappa shape index (κ1) is 10.1. The first-order chi connectivity index (χ1) is 6.02. The Balaban J connectivity index is 2.45. The lowest BCUT2D eigenvalue weighted by Gasteiger charge is -2.11. The van der Waals surface area contributed by atoms with Crippen LogP contribution in [-0.2, 0) is 9.59 Å². The van der Waals surface area contributed by atoms with Gasteiger partial charge in [-0.15, -0.1) is 0 Å². The van der Waals surface area contributed by atoms with E-state index in [2.05, 4.69) is 5.32 Å². The molecule has 1 unspecified atom stereocenters. The second kappa shape index (κ2) is 3.85. The Kier molecular flexibility index (Phi) is 3.00. The van der Waals surface area contributed by atoms with Crippen LogP contribution in [0.1, 0.15) is 13.3 Å². The zero-order chi connectivity index (χ0) is 10.0. The molecule has 2 amide bonds. The number of amides is 2. The van der Waals surface area contributed by atoms with E-state index in [-0.39, 0.29) is 18.2 Å². The van der Waals surface area contributed by atoms with E-state index >= 15 is 0 Å². The lowest BCUT2D eigenvalue weighted by molar-refractivity contribution is -0.137. The normalized spacial score (nSPS) is 25.5. The Morgan fingerprint density at radius 3 is 2.69 bits per heavy atom. The third-order valence-corrected chi connectivity index (χ3v) is 2.04. The summed E-state index contributed by atoms with van der Waals surface area (Å²) in [7, 11) is 1.47. The number of aliphatic hydroxyl groups is 1. The van der Waals surface area contributed by atoms with Gasteiger partial charge < -0.3 is 10.4 Å². The first-order valence-electron chi connectivity index (χ1n) is 4.24. The molecule has 1 aliphatic rings. The molecule has 1 rings (SSSR count). The molecule has 5 nitrogen and oxygen atoms in total. The van der Waals surface area contributed by atoms with E-state index in [1.54, 1.807) is 6.92 Å². The summed E-state index contributed by atoms with van der Waals surface area (Å²) >= 11 is 0. The lowest BCUT2D eigenvalue weighted by atomic mass is 10.2. The Morgan fingerprint density at radius 1 is 1.69 bits per heavy atom. The standard InChI is InChI=1S/C8H14N2O3/c1-5(11)4-9-6-3-7(12)10(2)8(6)13/h5-6,9,11H,3-4H2,1-2H3/t5-,6?/m1/s1. The van der Waals surface area contributed by atoms with Crippen molar-refractivity contribution in [2.75, 3.05) is 13.6 Å². The molecule has 0 aromatic carbocycles. The fourth-order valence-corrected chi connectivity index (χ4v) is 1.23. The molecule has 0 aliphatic carbocycles. The van der Waals surface area contributed by atoms with Gasteiger partial charge in [-0.05, 0) is 6.92 Å². The average Bonchev–Trinajstić information content (AvgIpc) is 2.29. The molecule has 0 radical (unpaired) electrons. The van der Waals surface area contributed by atoms with E-state index in [1.807, 2.05) is 0 Å². The van der Waals surface area contributed by atoms with E-state index < -0.39 is 12.1 Å². The highest BCUT2D eigenvalue weighted by Gasteiger charge is 2.35. The van der Waals surface area contributed by atoms with Crippen molar-refractivity contribution in [3.05, 3.63) is 0 Å². The van der Waals surface area contributed by atoms with Crippen molar-refractivity contribution in [1.82, 2.24) is 10.2 Å². The fraction of sp³-hybridized carbons (Fsp3) is 0.750. The molecule has 74 valence electrons. The Bertz CT molecular complexity index is 227. The average molecular weight is 186 g/mol. The minimum absolute atomic E-state index is 0.173. The van der Waals surface area contributed by atoms with Crippen molar-refractivity contribution in [1.29, 1.82) is 0 Å². The van der Waals surface area contributed by atoms with Crippen LogP contribution in [0.15, 0.2) is 0 Å². The molecule has 0 bridgehead atoms. The van der Waals surface area contributed by atoms with E-state index in [1.165, 1.54) is 7.05 Å². The number of hydrogen-bond donors (Lipinski definition) is 2. The van der Waals surface area contributed by atoms with Crippen LogP contribution in [-0.4, -0.2) is 47.6 Å². The van der Waals surface area contributed by atoms with Gasteiger partial charge in [0.25, 0.3) is 0 Å². The largest absolute Gasteiger partial charge is 0.392 e. The van der Waals surface area contributed by atoms with E-state index in [9.17, 15) is 9.59 Å². The number of aliphatic hydroxyl groups excluding tert-OH is 1. The van der Waals surface area contributed by atoms with Crippen molar-refractivity contribution >= 4 is 11.8 Å². The van der Waals surface area contributed by atoms with Crippen molar-refractivity contribution < 1.29 is 14.7 Å². The molecule has 1 fully saturated rings. The van der Waals surface area contributed by atoms with Gasteiger partial charge in [-0.2, -0.15) is 0 Å². The number of likely N-dealkylation sites (tertiary alicyclic amines) is 1. The van der Waals surface area contributed by atoms with Crippen LogP contribution in [0.2, 0.25) is 0 Å². The summed E-state index contributed by atoms with van der Waals surface area (Å²) in [6.45, 7) is 1.95. The van der Waals surface area contributed by atoms with Gasteiger partial charge in [0.1, 0.15) is 0 Å². The summed E-state index contributed by atoms with van der Waals surface area (Å²) in [6.07, 6.45) is -0.309. The van der Waals surface area contributed by atoms with Crippen LogP contribution in [0, 0.1) is 0 Å². The predicted octanol–water partition coefficient (Wildman–Crippen LogP) is -1.29. The molecule has 5 heteroatoms. The fourth-order valence-electron chi connectivity index (χ4n) is 1.23. The first-order valence-corrected chi connectivity index (χ1v) is 4.24. The second-order valence-corrected chi connectivity index (χ2v) is 3.30. The Labute approximate surface area is 76.7 Å². The van der Waals surface area contributed by atoms with Crippen LogP contribution in [0.4, 0.5) is 0 Å². The van der Waals surface area contributed by atoms with Gasteiger partial charge in [-0.1, -0.05) is 0 Å². The third kappa shape index (κ3) is 2.26. The van der Waals surface area contributed by atoms with Crippen molar-refractivity contribution in [3.8, 4) is 0 Å². The molecule has 1 aliphatic heterocycles. The number of nitrogens with zero attached hydrogens (tertiary/aromatic N) is 1. The minimum atomic E-state index is -0.506. The Hall–Kier alpha value is -0.940. The molecule has 1 saturated heterocycles. The van der Waals surface area contributed by atoms with E-state index in [0.717, 1.165) is 4.90 Å². The van der Waals surface area contributed by atoms with Gasteiger partial charge in [-0.3, -0.25) is 14.5 Å². The number of rotatable bonds is 3. The zero-order valence-electron chi connectivity index (χ0n) is 7.78. The topological polar surface area (TPSA) is 69.6 Å². The van der Waals surface area contributed by atoms with E-state index in [0.29, 0.717) is 6.54 Å². The molecule has 0 aromatic heterocycles. The van der Waals surface area contributed by atoms with Crippen molar-refractivity contribution in [3.63, 3.8) is 0 Å². The quantitative estimate of drug-likeness (QED) is 0.538. The van der Waals surface area contributed by atoms with Crippen LogP contribution >= 0.6 is 0 Å². The summed E-state index contributed by atoms with van der Waals surface area (Å²) in [5, 5.41) is 11.8. The summed E-state index contributed by atoms with van der Waals surface area (Å²) < 4.78 is 0. The molecule has 1 heterocycles. The number of nitrogens with one attached hydrogen (secondary N) is 1. The summed E-state index contributed by atoms with van der Waals surface area (Å²) in [5.41, 5.74) is 0. The highest BCUT2D eigenvalue weighted by molar-refractivity contribution is 6.05. The maximum atomic E-state index is 11.3. The highest BCUT2D eigenvalue weighted by atomic mass is 16.3. The van der Waals surface area contributed by atoms with Gasteiger partial charge >= 0.3 is 0 Å². The molecule has 0 aromatic rings.